The van der Waals surface area contributed by atoms with Crippen LogP contribution in [-0.4, -0.2) is 12.6 Å². The maximum absolute atomic E-state index is 3.80. The van der Waals surface area contributed by atoms with Crippen molar-refractivity contribution < 1.29 is 0 Å². The zero-order valence-electron chi connectivity index (χ0n) is 9.81. The highest BCUT2D eigenvalue weighted by atomic mass is 14.9. The lowest BCUT2D eigenvalue weighted by molar-refractivity contribution is 0.393. The average Bonchev–Trinajstić information content (AvgIpc) is 2.86. The van der Waals surface area contributed by atoms with Gasteiger partial charge in [-0.05, 0) is 49.9 Å². The maximum Gasteiger partial charge on any atom is 0.00700 e. The SMILES string of the molecule is CCC1CCC(NCC2(CC)CC2)C1. The molecule has 0 aromatic rings. The van der Waals surface area contributed by atoms with Crippen LogP contribution in [-0.2, 0) is 0 Å². The van der Waals surface area contributed by atoms with Crippen molar-refractivity contribution in [3.05, 3.63) is 0 Å². The van der Waals surface area contributed by atoms with Crippen molar-refractivity contribution in [2.75, 3.05) is 6.54 Å². The van der Waals surface area contributed by atoms with Gasteiger partial charge in [-0.1, -0.05) is 20.3 Å². The third-order valence-electron chi connectivity index (χ3n) is 4.59. The predicted molar refractivity (Wildman–Crippen MR) is 61.4 cm³/mol. The van der Waals surface area contributed by atoms with E-state index in [-0.39, 0.29) is 0 Å². The van der Waals surface area contributed by atoms with E-state index in [1.807, 2.05) is 0 Å². The lowest BCUT2D eigenvalue weighted by Crippen LogP contribution is -2.32. The van der Waals surface area contributed by atoms with Crippen molar-refractivity contribution in [1.29, 1.82) is 0 Å². The zero-order valence-corrected chi connectivity index (χ0v) is 9.81. The molecule has 82 valence electrons. The van der Waals surface area contributed by atoms with E-state index in [1.165, 1.54) is 51.5 Å². The standard InChI is InChI=1S/C13H25N/c1-3-11-5-6-12(9-11)14-10-13(4-2)7-8-13/h11-12,14H,3-10H2,1-2H3. The second-order valence-corrected chi connectivity index (χ2v) is 5.52. The number of nitrogens with one attached hydrogen (secondary N) is 1. The third kappa shape index (κ3) is 2.31. The molecule has 2 fully saturated rings. The maximum atomic E-state index is 3.80. The van der Waals surface area contributed by atoms with Gasteiger partial charge in [0.05, 0.1) is 0 Å². The van der Waals surface area contributed by atoms with Crippen LogP contribution in [0.15, 0.2) is 0 Å². The van der Waals surface area contributed by atoms with E-state index in [2.05, 4.69) is 19.2 Å². The van der Waals surface area contributed by atoms with Crippen LogP contribution in [0.25, 0.3) is 0 Å². The molecule has 0 amide bonds. The summed E-state index contributed by atoms with van der Waals surface area (Å²) in [5, 5.41) is 3.80. The first-order valence-electron chi connectivity index (χ1n) is 6.51. The molecule has 0 radical (unpaired) electrons. The smallest absolute Gasteiger partial charge is 0.00700 e. The molecule has 0 aromatic carbocycles. The highest BCUT2D eigenvalue weighted by Crippen LogP contribution is 2.48. The molecular formula is C13H25N. The van der Waals surface area contributed by atoms with Crippen molar-refractivity contribution >= 4 is 0 Å². The van der Waals surface area contributed by atoms with E-state index < -0.39 is 0 Å². The molecule has 0 spiro atoms. The highest BCUT2D eigenvalue weighted by molar-refractivity contribution is 4.95. The molecule has 14 heavy (non-hydrogen) atoms. The Labute approximate surface area is 88.7 Å². The number of rotatable bonds is 5. The van der Waals surface area contributed by atoms with Gasteiger partial charge >= 0.3 is 0 Å². The minimum Gasteiger partial charge on any atom is -0.313 e. The molecule has 0 aliphatic heterocycles. The Morgan fingerprint density at radius 2 is 2.00 bits per heavy atom. The normalized spacial score (nSPS) is 34.7. The average molecular weight is 195 g/mol. The lowest BCUT2D eigenvalue weighted by Gasteiger charge is -2.18. The molecule has 2 aliphatic carbocycles. The number of hydrogen-bond donors (Lipinski definition) is 1. The van der Waals surface area contributed by atoms with Crippen LogP contribution in [0.3, 0.4) is 0 Å². The van der Waals surface area contributed by atoms with E-state index in [9.17, 15) is 0 Å². The van der Waals surface area contributed by atoms with Crippen LogP contribution in [0.2, 0.25) is 0 Å². The zero-order chi connectivity index (χ0) is 10.0. The Hall–Kier alpha value is -0.0400. The summed E-state index contributed by atoms with van der Waals surface area (Å²) in [6, 6.07) is 0.851. The molecule has 1 N–H and O–H groups in total. The summed E-state index contributed by atoms with van der Waals surface area (Å²) in [6.45, 7) is 5.98. The molecular weight excluding hydrogens is 170 g/mol. The van der Waals surface area contributed by atoms with Gasteiger partial charge < -0.3 is 5.32 Å². The van der Waals surface area contributed by atoms with Gasteiger partial charge in [-0.2, -0.15) is 0 Å². The van der Waals surface area contributed by atoms with Crippen molar-refractivity contribution in [2.24, 2.45) is 11.3 Å². The Morgan fingerprint density at radius 3 is 2.50 bits per heavy atom. The van der Waals surface area contributed by atoms with Crippen molar-refractivity contribution in [3.8, 4) is 0 Å². The Kier molecular flexibility index (Phi) is 3.16. The largest absolute Gasteiger partial charge is 0.313 e. The van der Waals surface area contributed by atoms with Crippen LogP contribution in [0.5, 0.6) is 0 Å². The van der Waals surface area contributed by atoms with Crippen LogP contribution in [0.4, 0.5) is 0 Å². The monoisotopic (exact) mass is 195 g/mol. The molecule has 0 heterocycles. The molecule has 1 heteroatoms. The van der Waals surface area contributed by atoms with E-state index in [1.54, 1.807) is 0 Å². The fraction of sp³-hybridized carbons (Fsp3) is 1.00. The topological polar surface area (TPSA) is 12.0 Å². The predicted octanol–water partition coefficient (Wildman–Crippen LogP) is 3.34. The van der Waals surface area contributed by atoms with Crippen LogP contribution >= 0.6 is 0 Å². The second kappa shape index (κ2) is 4.22. The Balaban J connectivity index is 1.67. The van der Waals surface area contributed by atoms with Gasteiger partial charge in [0.1, 0.15) is 0 Å². The third-order valence-corrected chi connectivity index (χ3v) is 4.59. The van der Waals surface area contributed by atoms with Gasteiger partial charge in [0.2, 0.25) is 0 Å². The summed E-state index contributed by atoms with van der Waals surface area (Å²) < 4.78 is 0. The van der Waals surface area contributed by atoms with Gasteiger partial charge in [0, 0.05) is 12.6 Å². The van der Waals surface area contributed by atoms with Crippen LogP contribution < -0.4 is 5.32 Å². The van der Waals surface area contributed by atoms with Crippen LogP contribution in [0, 0.1) is 11.3 Å². The first kappa shape index (κ1) is 10.5. The van der Waals surface area contributed by atoms with Crippen LogP contribution in [0.1, 0.15) is 58.8 Å². The van der Waals surface area contributed by atoms with Gasteiger partial charge in [0.25, 0.3) is 0 Å². The number of hydrogen-bond acceptors (Lipinski definition) is 1. The first-order valence-corrected chi connectivity index (χ1v) is 6.51. The fourth-order valence-corrected chi connectivity index (χ4v) is 2.82. The summed E-state index contributed by atoms with van der Waals surface area (Å²) in [5.41, 5.74) is 0.726. The summed E-state index contributed by atoms with van der Waals surface area (Å²) in [5.74, 6) is 1.02. The van der Waals surface area contributed by atoms with E-state index in [0.29, 0.717) is 0 Å². The second-order valence-electron chi connectivity index (χ2n) is 5.52. The van der Waals surface area contributed by atoms with Gasteiger partial charge in [0.15, 0.2) is 0 Å². The molecule has 0 aromatic heterocycles. The summed E-state index contributed by atoms with van der Waals surface area (Å²) in [7, 11) is 0. The molecule has 1 nitrogen and oxygen atoms in total. The van der Waals surface area contributed by atoms with Gasteiger partial charge in [-0.15, -0.1) is 0 Å². The lowest BCUT2D eigenvalue weighted by atomic mass is 10.0. The summed E-state index contributed by atoms with van der Waals surface area (Å²) in [6.07, 6.45) is 10.0. The van der Waals surface area contributed by atoms with E-state index in [0.717, 1.165) is 17.4 Å². The van der Waals surface area contributed by atoms with E-state index >= 15 is 0 Å². The quantitative estimate of drug-likeness (QED) is 0.709. The van der Waals surface area contributed by atoms with Gasteiger partial charge in [-0.25, -0.2) is 0 Å². The van der Waals surface area contributed by atoms with Gasteiger partial charge in [-0.3, -0.25) is 0 Å². The molecule has 2 saturated carbocycles. The first-order chi connectivity index (χ1) is 6.78. The highest BCUT2D eigenvalue weighted by Gasteiger charge is 2.40. The Bertz CT molecular complexity index is 184. The Morgan fingerprint density at radius 1 is 1.21 bits per heavy atom. The minimum absolute atomic E-state index is 0.726. The molecule has 2 aliphatic rings. The summed E-state index contributed by atoms with van der Waals surface area (Å²) >= 11 is 0. The molecule has 0 bridgehead atoms. The van der Waals surface area contributed by atoms with Crippen molar-refractivity contribution in [2.45, 2.75) is 64.8 Å². The molecule has 0 saturated heterocycles. The summed E-state index contributed by atoms with van der Waals surface area (Å²) in [4.78, 5) is 0. The fourth-order valence-electron chi connectivity index (χ4n) is 2.82. The van der Waals surface area contributed by atoms with Crippen molar-refractivity contribution in [1.82, 2.24) is 5.32 Å². The van der Waals surface area contributed by atoms with E-state index in [4.69, 9.17) is 0 Å². The minimum atomic E-state index is 0.726. The molecule has 2 rings (SSSR count). The molecule has 2 atom stereocenters. The van der Waals surface area contributed by atoms with Crippen molar-refractivity contribution in [3.63, 3.8) is 0 Å². The molecule has 2 unspecified atom stereocenters.